The van der Waals surface area contributed by atoms with Crippen molar-refractivity contribution in [3.8, 4) is 33.4 Å². The Bertz CT molecular complexity index is 1210. The van der Waals surface area contributed by atoms with Gasteiger partial charge in [-0.3, -0.25) is 0 Å². The van der Waals surface area contributed by atoms with Crippen LogP contribution in [-0.2, 0) is 0 Å². The zero-order chi connectivity index (χ0) is 21.4. The van der Waals surface area contributed by atoms with E-state index in [0.717, 1.165) is 33.4 Å². The summed E-state index contributed by atoms with van der Waals surface area (Å²) in [6.07, 6.45) is 0. The van der Waals surface area contributed by atoms with E-state index >= 15 is 4.39 Å². The molecule has 0 bridgehead atoms. The van der Waals surface area contributed by atoms with Gasteiger partial charge in [0.25, 0.3) is 0 Å². The number of hydrogen-bond acceptors (Lipinski definition) is 0. The zero-order valence-corrected chi connectivity index (χ0v) is 18.3. The summed E-state index contributed by atoms with van der Waals surface area (Å²) in [7, 11) is 0. The van der Waals surface area contributed by atoms with E-state index in [1.54, 1.807) is 0 Å². The Hall–Kier alpha value is -3.19. The van der Waals surface area contributed by atoms with Gasteiger partial charge in [0.15, 0.2) is 0 Å². The number of benzene rings is 4. The largest absolute Gasteiger partial charge is 0.206 e. The molecule has 0 fully saturated rings. The molecule has 0 aliphatic heterocycles. The summed E-state index contributed by atoms with van der Waals surface area (Å²) >= 11 is 0. The fraction of sp³-hybridized carbons (Fsp3) is 0.172. The minimum atomic E-state index is -0.149. The molecule has 0 nitrogen and oxygen atoms in total. The predicted octanol–water partition coefficient (Wildman–Crippen LogP) is 8.37. The minimum absolute atomic E-state index is 0.149. The van der Waals surface area contributed by atoms with Crippen molar-refractivity contribution in [1.82, 2.24) is 0 Å². The van der Waals surface area contributed by atoms with E-state index in [4.69, 9.17) is 0 Å². The third kappa shape index (κ3) is 3.80. The lowest BCUT2D eigenvalue weighted by Gasteiger charge is -2.19. The van der Waals surface area contributed by atoms with Gasteiger partial charge >= 0.3 is 0 Å². The number of hydrogen-bond donors (Lipinski definition) is 0. The van der Waals surface area contributed by atoms with Crippen molar-refractivity contribution in [3.05, 3.63) is 106 Å². The highest BCUT2D eigenvalue weighted by molar-refractivity contribution is 5.90. The maximum atomic E-state index is 15.7. The Morgan fingerprint density at radius 1 is 0.500 bits per heavy atom. The molecule has 30 heavy (non-hydrogen) atoms. The molecule has 0 spiro atoms. The van der Waals surface area contributed by atoms with Crippen LogP contribution in [0.3, 0.4) is 0 Å². The average molecular weight is 395 g/mol. The second-order valence-electron chi connectivity index (χ2n) is 8.40. The molecule has 0 radical (unpaired) electrons. The number of halogens is 1. The zero-order valence-electron chi connectivity index (χ0n) is 18.3. The molecule has 4 aromatic carbocycles. The van der Waals surface area contributed by atoms with Crippen LogP contribution in [0.15, 0.2) is 72.8 Å². The standard InChI is InChI=1S/C29H27F/c1-18-9-11-23(12-10-18)28-22(5)29(30)27(24-8-6-7-19(2)14-24)17-26(28)25-15-20(3)13-21(4)16-25/h6-17H,1-5H3. The third-order valence-corrected chi connectivity index (χ3v) is 5.70. The smallest absolute Gasteiger partial charge is 0.134 e. The van der Waals surface area contributed by atoms with E-state index in [9.17, 15) is 0 Å². The first kappa shape index (κ1) is 20.1. The van der Waals surface area contributed by atoms with E-state index in [2.05, 4.69) is 69.3 Å². The average Bonchev–Trinajstić information content (AvgIpc) is 2.70. The van der Waals surface area contributed by atoms with Crippen LogP contribution in [0.2, 0.25) is 0 Å². The molecule has 0 aromatic heterocycles. The number of aryl methyl sites for hydroxylation is 4. The molecule has 4 aromatic rings. The molecular formula is C29H27F. The van der Waals surface area contributed by atoms with E-state index in [1.165, 1.54) is 16.7 Å². The first-order valence-corrected chi connectivity index (χ1v) is 10.4. The summed E-state index contributed by atoms with van der Waals surface area (Å²) in [4.78, 5) is 0. The van der Waals surface area contributed by atoms with E-state index < -0.39 is 0 Å². The number of rotatable bonds is 3. The minimum Gasteiger partial charge on any atom is -0.206 e. The van der Waals surface area contributed by atoms with Crippen molar-refractivity contribution in [2.75, 3.05) is 0 Å². The van der Waals surface area contributed by atoms with E-state index in [1.807, 2.05) is 38.1 Å². The van der Waals surface area contributed by atoms with Crippen LogP contribution in [0.1, 0.15) is 27.8 Å². The molecule has 0 aliphatic carbocycles. The van der Waals surface area contributed by atoms with Gasteiger partial charge in [-0.15, -0.1) is 0 Å². The predicted molar refractivity (Wildman–Crippen MR) is 126 cm³/mol. The maximum Gasteiger partial charge on any atom is 0.134 e. The molecule has 0 heterocycles. The monoisotopic (exact) mass is 394 g/mol. The van der Waals surface area contributed by atoms with E-state index in [0.29, 0.717) is 11.1 Å². The van der Waals surface area contributed by atoms with Crippen molar-refractivity contribution < 1.29 is 4.39 Å². The Morgan fingerprint density at radius 2 is 1.13 bits per heavy atom. The lowest BCUT2D eigenvalue weighted by Crippen LogP contribution is -1.98. The summed E-state index contributed by atoms with van der Waals surface area (Å²) in [5.41, 5.74) is 11.2. The first-order chi connectivity index (χ1) is 14.3. The van der Waals surface area contributed by atoms with Crippen LogP contribution in [0.5, 0.6) is 0 Å². The fourth-order valence-corrected chi connectivity index (χ4v) is 4.27. The van der Waals surface area contributed by atoms with Crippen LogP contribution >= 0.6 is 0 Å². The fourth-order valence-electron chi connectivity index (χ4n) is 4.27. The Kier molecular flexibility index (Phi) is 5.30. The van der Waals surface area contributed by atoms with E-state index in [-0.39, 0.29) is 5.82 Å². The quantitative estimate of drug-likeness (QED) is 0.327. The first-order valence-electron chi connectivity index (χ1n) is 10.4. The van der Waals surface area contributed by atoms with Crippen molar-refractivity contribution in [2.45, 2.75) is 34.6 Å². The Morgan fingerprint density at radius 3 is 1.77 bits per heavy atom. The summed E-state index contributed by atoms with van der Waals surface area (Å²) in [5.74, 6) is -0.149. The molecule has 0 saturated carbocycles. The van der Waals surface area contributed by atoms with Gasteiger partial charge < -0.3 is 0 Å². The Balaban J connectivity index is 2.06. The molecule has 0 amide bonds. The SMILES string of the molecule is Cc1ccc(-c2c(-c3cc(C)cc(C)c3)cc(-c3cccc(C)c3)c(F)c2C)cc1. The van der Waals surface area contributed by atoms with Gasteiger partial charge in [-0.25, -0.2) is 4.39 Å². The molecule has 1 heteroatoms. The molecule has 0 atom stereocenters. The molecule has 0 N–H and O–H groups in total. The van der Waals surface area contributed by atoms with Crippen molar-refractivity contribution in [1.29, 1.82) is 0 Å². The van der Waals surface area contributed by atoms with Gasteiger partial charge in [0, 0.05) is 5.56 Å². The van der Waals surface area contributed by atoms with Crippen LogP contribution < -0.4 is 0 Å². The highest BCUT2D eigenvalue weighted by Crippen LogP contribution is 2.41. The maximum absolute atomic E-state index is 15.7. The van der Waals surface area contributed by atoms with Crippen LogP contribution in [0.25, 0.3) is 33.4 Å². The highest BCUT2D eigenvalue weighted by Gasteiger charge is 2.19. The molecule has 0 aliphatic rings. The van der Waals surface area contributed by atoms with Gasteiger partial charge in [-0.05, 0) is 74.1 Å². The van der Waals surface area contributed by atoms with Gasteiger partial charge in [-0.2, -0.15) is 0 Å². The van der Waals surface area contributed by atoms with Gasteiger partial charge in [0.05, 0.1) is 0 Å². The Labute approximate surface area is 179 Å². The second kappa shape index (κ2) is 7.91. The van der Waals surface area contributed by atoms with Crippen molar-refractivity contribution in [3.63, 3.8) is 0 Å². The molecule has 0 unspecified atom stereocenters. The van der Waals surface area contributed by atoms with Crippen molar-refractivity contribution >= 4 is 0 Å². The van der Waals surface area contributed by atoms with Crippen LogP contribution in [-0.4, -0.2) is 0 Å². The molecule has 150 valence electrons. The molecular weight excluding hydrogens is 367 g/mol. The van der Waals surface area contributed by atoms with Gasteiger partial charge in [-0.1, -0.05) is 89.0 Å². The second-order valence-corrected chi connectivity index (χ2v) is 8.40. The lowest BCUT2D eigenvalue weighted by molar-refractivity contribution is 0.623. The molecule has 4 rings (SSSR count). The van der Waals surface area contributed by atoms with Crippen LogP contribution in [0, 0.1) is 40.4 Å². The summed E-state index contributed by atoms with van der Waals surface area (Å²) in [6, 6.07) is 25.0. The highest BCUT2D eigenvalue weighted by atomic mass is 19.1. The topological polar surface area (TPSA) is 0 Å². The van der Waals surface area contributed by atoms with Gasteiger partial charge in [0.2, 0.25) is 0 Å². The van der Waals surface area contributed by atoms with Crippen LogP contribution in [0.4, 0.5) is 4.39 Å². The summed E-state index contributed by atoms with van der Waals surface area (Å²) < 4.78 is 15.7. The summed E-state index contributed by atoms with van der Waals surface area (Å²) in [6.45, 7) is 10.2. The molecule has 0 saturated heterocycles. The van der Waals surface area contributed by atoms with Gasteiger partial charge in [0.1, 0.15) is 5.82 Å². The normalized spacial score (nSPS) is 11.0. The van der Waals surface area contributed by atoms with Crippen molar-refractivity contribution in [2.24, 2.45) is 0 Å². The lowest BCUT2D eigenvalue weighted by atomic mass is 9.86. The third-order valence-electron chi connectivity index (χ3n) is 5.70. The summed E-state index contributed by atoms with van der Waals surface area (Å²) in [5, 5.41) is 0.